The molecule has 0 unspecified atom stereocenters. The monoisotopic (exact) mass is 396 g/mol. The zero-order valence-corrected chi connectivity index (χ0v) is 17.9. The number of hydrogen-bond donors (Lipinski definition) is 2. The van der Waals surface area contributed by atoms with Gasteiger partial charge in [-0.25, -0.2) is 0 Å². The van der Waals surface area contributed by atoms with Crippen LogP contribution in [0.5, 0.6) is 0 Å². The maximum Gasteiger partial charge on any atom is 0.247 e. The summed E-state index contributed by atoms with van der Waals surface area (Å²) in [5.41, 5.74) is 7.48. The minimum atomic E-state index is -0.499. The van der Waals surface area contributed by atoms with Crippen molar-refractivity contribution in [3.05, 3.63) is 35.7 Å². The Labute approximate surface area is 175 Å². The van der Waals surface area contributed by atoms with Crippen LogP contribution in [0.4, 0.5) is 0 Å². The summed E-state index contributed by atoms with van der Waals surface area (Å²) in [6.45, 7) is 2.27. The first-order valence-corrected chi connectivity index (χ1v) is 11.4. The molecular formula is C24H36N4O. The van der Waals surface area contributed by atoms with Crippen molar-refractivity contribution in [2.75, 3.05) is 0 Å². The third kappa shape index (κ3) is 5.91. The average Bonchev–Trinajstić information content (AvgIpc) is 3.40. The van der Waals surface area contributed by atoms with Gasteiger partial charge in [-0.3, -0.25) is 5.41 Å². The molecule has 1 heterocycles. The van der Waals surface area contributed by atoms with E-state index >= 15 is 0 Å². The summed E-state index contributed by atoms with van der Waals surface area (Å²) in [6.07, 6.45) is 16.4. The number of nitrogens with zero attached hydrogens (tertiary/aromatic N) is 2. The molecule has 5 nitrogen and oxygen atoms in total. The van der Waals surface area contributed by atoms with Crippen molar-refractivity contribution in [1.29, 1.82) is 5.41 Å². The Kier molecular flexibility index (Phi) is 7.84. The molecule has 3 rings (SSSR count). The highest BCUT2D eigenvalue weighted by Crippen LogP contribution is 2.47. The Bertz CT molecular complexity index is 761. The molecule has 0 spiro atoms. The molecule has 5 heteroatoms. The van der Waals surface area contributed by atoms with Gasteiger partial charge in [0.2, 0.25) is 11.8 Å². The Morgan fingerprint density at radius 2 is 1.52 bits per heavy atom. The third-order valence-electron chi connectivity index (χ3n) is 6.12. The van der Waals surface area contributed by atoms with E-state index in [4.69, 9.17) is 15.6 Å². The highest BCUT2D eigenvalue weighted by molar-refractivity contribution is 5.91. The van der Waals surface area contributed by atoms with Gasteiger partial charge in [-0.05, 0) is 43.4 Å². The van der Waals surface area contributed by atoms with Crippen LogP contribution in [-0.4, -0.2) is 16.0 Å². The summed E-state index contributed by atoms with van der Waals surface area (Å²) in [5, 5.41) is 16.0. The SMILES string of the molecule is CCCCCCCCCCCCc1ccc(-c2nnc(C3(C(=N)N)CC3)o2)cc1. The number of benzene rings is 1. The van der Waals surface area contributed by atoms with E-state index in [1.165, 1.54) is 69.8 Å². The van der Waals surface area contributed by atoms with Crippen LogP contribution >= 0.6 is 0 Å². The van der Waals surface area contributed by atoms with Crippen LogP contribution in [-0.2, 0) is 11.8 Å². The first kappa shape index (κ1) is 21.5. The van der Waals surface area contributed by atoms with Crippen molar-refractivity contribution in [2.24, 2.45) is 5.73 Å². The first-order valence-electron chi connectivity index (χ1n) is 11.4. The Balaban J connectivity index is 1.36. The van der Waals surface area contributed by atoms with Crippen molar-refractivity contribution in [3.8, 4) is 11.5 Å². The molecule has 1 aliphatic carbocycles. The number of nitrogens with one attached hydrogen (secondary N) is 1. The predicted molar refractivity (Wildman–Crippen MR) is 118 cm³/mol. The topological polar surface area (TPSA) is 88.8 Å². The van der Waals surface area contributed by atoms with Crippen LogP contribution in [0, 0.1) is 5.41 Å². The molecule has 0 atom stereocenters. The summed E-state index contributed by atoms with van der Waals surface area (Å²) >= 11 is 0. The van der Waals surface area contributed by atoms with Gasteiger partial charge < -0.3 is 10.2 Å². The molecule has 2 aromatic rings. The van der Waals surface area contributed by atoms with Crippen LogP contribution in [0.3, 0.4) is 0 Å². The maximum absolute atomic E-state index is 7.74. The number of unbranched alkanes of at least 4 members (excludes halogenated alkanes) is 9. The van der Waals surface area contributed by atoms with Gasteiger partial charge >= 0.3 is 0 Å². The second kappa shape index (κ2) is 10.6. The Hall–Kier alpha value is -2.17. The van der Waals surface area contributed by atoms with E-state index in [1.807, 2.05) is 0 Å². The van der Waals surface area contributed by atoms with E-state index in [0.717, 1.165) is 24.8 Å². The number of nitrogens with two attached hydrogens (primary N) is 1. The number of rotatable bonds is 14. The molecule has 0 aliphatic heterocycles. The lowest BCUT2D eigenvalue weighted by Crippen LogP contribution is -2.27. The van der Waals surface area contributed by atoms with Gasteiger partial charge in [0.1, 0.15) is 11.3 Å². The molecule has 1 saturated carbocycles. The fraction of sp³-hybridized carbons (Fsp3) is 0.625. The lowest BCUT2D eigenvalue weighted by molar-refractivity contribution is 0.485. The Morgan fingerprint density at radius 1 is 0.931 bits per heavy atom. The van der Waals surface area contributed by atoms with Crippen molar-refractivity contribution >= 4 is 5.84 Å². The lowest BCUT2D eigenvalue weighted by atomic mass is 10.0. The molecule has 0 amide bonds. The summed E-state index contributed by atoms with van der Waals surface area (Å²) in [6, 6.07) is 8.42. The molecule has 0 saturated heterocycles. The van der Waals surface area contributed by atoms with Gasteiger partial charge in [0.25, 0.3) is 0 Å². The molecule has 158 valence electrons. The van der Waals surface area contributed by atoms with Crippen LogP contribution < -0.4 is 5.73 Å². The number of aromatic nitrogens is 2. The molecule has 1 aliphatic rings. The van der Waals surface area contributed by atoms with Gasteiger partial charge in [0.05, 0.1) is 0 Å². The van der Waals surface area contributed by atoms with E-state index in [-0.39, 0.29) is 5.84 Å². The molecule has 1 aromatic carbocycles. The van der Waals surface area contributed by atoms with Crippen LogP contribution in [0.15, 0.2) is 28.7 Å². The molecule has 0 radical (unpaired) electrons. The smallest absolute Gasteiger partial charge is 0.247 e. The van der Waals surface area contributed by atoms with Crippen molar-refractivity contribution < 1.29 is 4.42 Å². The second-order valence-corrected chi connectivity index (χ2v) is 8.54. The summed E-state index contributed by atoms with van der Waals surface area (Å²) in [7, 11) is 0. The lowest BCUT2D eigenvalue weighted by Gasteiger charge is -2.06. The zero-order valence-electron chi connectivity index (χ0n) is 17.9. The highest BCUT2D eigenvalue weighted by atomic mass is 16.4. The standard InChI is InChI=1S/C24H36N4O/c1-2-3-4-5-6-7-8-9-10-11-12-19-13-15-20(16-14-19)21-27-28-23(29-21)24(17-18-24)22(25)26/h13-16H,2-12,17-18H2,1H3,(H3,25,26). The average molecular weight is 397 g/mol. The van der Waals surface area contributed by atoms with E-state index in [1.54, 1.807) is 0 Å². The summed E-state index contributed by atoms with van der Waals surface area (Å²) in [5.74, 6) is 1.12. The number of amidine groups is 1. The predicted octanol–water partition coefficient (Wildman–Crippen LogP) is 6.17. The first-order chi connectivity index (χ1) is 14.2. The van der Waals surface area contributed by atoms with Gasteiger partial charge in [0, 0.05) is 5.56 Å². The normalized spacial score (nSPS) is 14.8. The fourth-order valence-electron chi connectivity index (χ4n) is 3.89. The summed E-state index contributed by atoms with van der Waals surface area (Å²) < 4.78 is 5.82. The van der Waals surface area contributed by atoms with Crippen molar-refractivity contribution in [2.45, 2.75) is 95.8 Å². The van der Waals surface area contributed by atoms with E-state index in [2.05, 4.69) is 41.4 Å². The van der Waals surface area contributed by atoms with Gasteiger partial charge in [-0.1, -0.05) is 76.8 Å². The number of aryl methyl sites for hydroxylation is 1. The molecule has 1 fully saturated rings. The van der Waals surface area contributed by atoms with Gasteiger partial charge in [-0.2, -0.15) is 0 Å². The fourth-order valence-corrected chi connectivity index (χ4v) is 3.89. The van der Waals surface area contributed by atoms with Crippen LogP contribution in [0.1, 0.15) is 95.4 Å². The second-order valence-electron chi connectivity index (χ2n) is 8.54. The quantitative estimate of drug-likeness (QED) is 0.227. The molecule has 1 aromatic heterocycles. The Morgan fingerprint density at radius 3 is 2.07 bits per heavy atom. The molecule has 0 bridgehead atoms. The molecule has 3 N–H and O–H groups in total. The summed E-state index contributed by atoms with van der Waals surface area (Å²) in [4.78, 5) is 0. The molecule has 29 heavy (non-hydrogen) atoms. The van der Waals surface area contributed by atoms with E-state index < -0.39 is 5.41 Å². The van der Waals surface area contributed by atoms with Gasteiger partial charge in [-0.15, -0.1) is 10.2 Å². The van der Waals surface area contributed by atoms with Crippen LogP contribution in [0.2, 0.25) is 0 Å². The molecular weight excluding hydrogens is 360 g/mol. The van der Waals surface area contributed by atoms with Crippen molar-refractivity contribution in [3.63, 3.8) is 0 Å². The van der Waals surface area contributed by atoms with Crippen molar-refractivity contribution in [1.82, 2.24) is 10.2 Å². The largest absolute Gasteiger partial charge is 0.420 e. The third-order valence-corrected chi connectivity index (χ3v) is 6.12. The zero-order chi connectivity index (χ0) is 20.5. The van der Waals surface area contributed by atoms with Gasteiger partial charge in [0.15, 0.2) is 0 Å². The van der Waals surface area contributed by atoms with E-state index in [9.17, 15) is 0 Å². The maximum atomic E-state index is 7.74. The minimum absolute atomic E-state index is 0.125. The number of hydrogen-bond acceptors (Lipinski definition) is 4. The minimum Gasteiger partial charge on any atom is -0.420 e. The van der Waals surface area contributed by atoms with E-state index in [0.29, 0.717) is 11.8 Å². The highest BCUT2D eigenvalue weighted by Gasteiger charge is 2.52. The van der Waals surface area contributed by atoms with Crippen LogP contribution in [0.25, 0.3) is 11.5 Å².